The fraction of sp³-hybridized carbons (Fsp3) is 0.727. The zero-order chi connectivity index (χ0) is 13.0. The Morgan fingerprint density at radius 3 is 3.06 bits per heavy atom. The van der Waals surface area contributed by atoms with Crippen molar-refractivity contribution in [1.29, 1.82) is 0 Å². The molecule has 0 aromatic carbocycles. The maximum Gasteiger partial charge on any atom is 0.237 e. The summed E-state index contributed by atoms with van der Waals surface area (Å²) in [5.41, 5.74) is 0.929. The van der Waals surface area contributed by atoms with Crippen LogP contribution in [0.3, 0.4) is 0 Å². The molecule has 1 amide bonds. The van der Waals surface area contributed by atoms with E-state index in [0.717, 1.165) is 36.5 Å². The van der Waals surface area contributed by atoms with E-state index in [1.54, 1.807) is 7.05 Å². The highest BCUT2D eigenvalue weighted by Crippen LogP contribution is 2.23. The molecule has 1 aliphatic heterocycles. The van der Waals surface area contributed by atoms with Crippen LogP contribution in [0, 0.1) is 0 Å². The first-order valence-corrected chi connectivity index (χ1v) is 6.98. The average Bonchev–Trinajstić information content (AvgIpc) is 2.86. The molecular weight excluding hydrogens is 250 g/mol. The lowest BCUT2D eigenvalue weighted by Crippen LogP contribution is -2.48. The summed E-state index contributed by atoms with van der Waals surface area (Å²) in [4.78, 5) is 14.1. The fourth-order valence-electron chi connectivity index (χ4n) is 2.34. The Hall–Kier alpha value is -1.21. The molecule has 2 rings (SSSR count). The molecule has 1 aliphatic rings. The van der Waals surface area contributed by atoms with Crippen LogP contribution in [-0.2, 0) is 11.3 Å². The standard InChI is InChI=1S/C11H19N5OS/c1-12-10(17)9-5-3-4-6-16(9)7-8-11(13-2)18-15-14-8/h9,13H,3-7H2,1-2H3,(H,12,17). The summed E-state index contributed by atoms with van der Waals surface area (Å²) in [6.07, 6.45) is 3.18. The minimum atomic E-state index is -0.0323. The molecule has 1 aromatic rings. The lowest BCUT2D eigenvalue weighted by atomic mass is 10.0. The molecule has 2 N–H and O–H groups in total. The minimum Gasteiger partial charge on any atom is -0.377 e. The van der Waals surface area contributed by atoms with Crippen molar-refractivity contribution in [2.24, 2.45) is 0 Å². The van der Waals surface area contributed by atoms with Crippen LogP contribution >= 0.6 is 11.5 Å². The van der Waals surface area contributed by atoms with Crippen molar-refractivity contribution in [3.05, 3.63) is 5.69 Å². The number of nitrogens with one attached hydrogen (secondary N) is 2. The summed E-state index contributed by atoms with van der Waals surface area (Å²) in [7, 11) is 3.56. The average molecular weight is 269 g/mol. The molecule has 1 fully saturated rings. The van der Waals surface area contributed by atoms with Crippen molar-refractivity contribution in [3.8, 4) is 0 Å². The summed E-state index contributed by atoms with van der Waals surface area (Å²) in [5.74, 6) is 0.101. The van der Waals surface area contributed by atoms with E-state index in [9.17, 15) is 4.79 Å². The van der Waals surface area contributed by atoms with Gasteiger partial charge in [0.05, 0.1) is 6.04 Å². The zero-order valence-electron chi connectivity index (χ0n) is 10.8. The van der Waals surface area contributed by atoms with Crippen molar-refractivity contribution >= 4 is 22.4 Å². The third-order valence-corrected chi connectivity index (χ3v) is 4.08. The van der Waals surface area contributed by atoms with Gasteiger partial charge in [0.25, 0.3) is 0 Å². The number of carbonyl (C=O) groups is 1. The molecule has 0 radical (unpaired) electrons. The largest absolute Gasteiger partial charge is 0.377 e. The van der Waals surface area contributed by atoms with Gasteiger partial charge in [-0.2, -0.15) is 0 Å². The Balaban J connectivity index is 2.08. The van der Waals surface area contributed by atoms with Crippen LogP contribution in [0.5, 0.6) is 0 Å². The second-order valence-corrected chi connectivity index (χ2v) is 5.15. The Morgan fingerprint density at radius 2 is 2.33 bits per heavy atom. The zero-order valence-corrected chi connectivity index (χ0v) is 11.6. The smallest absolute Gasteiger partial charge is 0.237 e. The van der Waals surface area contributed by atoms with Gasteiger partial charge in [-0.15, -0.1) is 5.10 Å². The first-order valence-electron chi connectivity index (χ1n) is 6.21. The number of likely N-dealkylation sites (tertiary alicyclic amines) is 1. The fourth-order valence-corrected chi connectivity index (χ4v) is 2.86. The van der Waals surface area contributed by atoms with Crippen LogP contribution in [0.15, 0.2) is 0 Å². The van der Waals surface area contributed by atoms with Crippen LogP contribution in [0.4, 0.5) is 5.00 Å². The molecule has 0 aliphatic carbocycles. The van der Waals surface area contributed by atoms with Gasteiger partial charge in [-0.25, -0.2) is 0 Å². The van der Waals surface area contributed by atoms with Crippen LogP contribution in [0.1, 0.15) is 25.0 Å². The Labute approximate surface area is 111 Å². The summed E-state index contributed by atoms with van der Waals surface area (Å²) >= 11 is 1.35. The molecule has 0 bridgehead atoms. The molecule has 0 saturated carbocycles. The lowest BCUT2D eigenvalue weighted by Gasteiger charge is -2.33. The quantitative estimate of drug-likeness (QED) is 0.841. The van der Waals surface area contributed by atoms with Gasteiger partial charge in [0.15, 0.2) is 0 Å². The number of carbonyl (C=O) groups excluding carboxylic acids is 1. The van der Waals surface area contributed by atoms with Crippen molar-refractivity contribution in [2.75, 3.05) is 26.0 Å². The molecule has 7 heteroatoms. The van der Waals surface area contributed by atoms with Crippen LogP contribution in [0.25, 0.3) is 0 Å². The molecule has 18 heavy (non-hydrogen) atoms. The number of rotatable bonds is 4. The topological polar surface area (TPSA) is 70.2 Å². The number of aromatic nitrogens is 2. The van der Waals surface area contributed by atoms with Gasteiger partial charge in [-0.1, -0.05) is 10.9 Å². The summed E-state index contributed by atoms with van der Waals surface area (Å²) in [6, 6.07) is -0.0323. The van der Waals surface area contributed by atoms with E-state index in [4.69, 9.17) is 0 Å². The number of amides is 1. The van der Waals surface area contributed by atoms with E-state index in [-0.39, 0.29) is 11.9 Å². The molecule has 1 saturated heterocycles. The first kappa shape index (κ1) is 13.2. The van der Waals surface area contributed by atoms with Crippen molar-refractivity contribution < 1.29 is 4.79 Å². The third kappa shape index (κ3) is 2.78. The lowest BCUT2D eigenvalue weighted by molar-refractivity contribution is -0.127. The minimum absolute atomic E-state index is 0.0323. The maximum atomic E-state index is 11.9. The van der Waals surface area contributed by atoms with Crippen LogP contribution in [-0.4, -0.2) is 47.1 Å². The van der Waals surface area contributed by atoms with E-state index in [1.165, 1.54) is 11.5 Å². The second-order valence-electron chi connectivity index (χ2n) is 4.40. The van der Waals surface area contributed by atoms with Crippen LogP contribution in [0.2, 0.25) is 0 Å². The Bertz CT molecular complexity index is 408. The van der Waals surface area contributed by atoms with Gasteiger partial charge in [0, 0.05) is 32.2 Å². The second kappa shape index (κ2) is 6.10. The number of nitrogens with zero attached hydrogens (tertiary/aromatic N) is 3. The monoisotopic (exact) mass is 269 g/mol. The van der Waals surface area contributed by atoms with Crippen molar-refractivity contribution in [3.63, 3.8) is 0 Å². The van der Waals surface area contributed by atoms with Gasteiger partial charge < -0.3 is 10.6 Å². The van der Waals surface area contributed by atoms with Gasteiger partial charge >= 0.3 is 0 Å². The van der Waals surface area contributed by atoms with Crippen LogP contribution < -0.4 is 10.6 Å². The van der Waals surface area contributed by atoms with E-state index >= 15 is 0 Å². The maximum absolute atomic E-state index is 11.9. The predicted octanol–water partition coefficient (Wildman–Crippen LogP) is 0.680. The van der Waals surface area contributed by atoms with Gasteiger partial charge in [0.2, 0.25) is 5.91 Å². The highest BCUT2D eigenvalue weighted by atomic mass is 32.1. The first-order chi connectivity index (χ1) is 8.76. The van der Waals surface area contributed by atoms with Gasteiger partial charge in [-0.05, 0) is 19.4 Å². The molecule has 1 unspecified atom stereocenters. The third-order valence-electron chi connectivity index (χ3n) is 3.30. The number of hydrogen-bond donors (Lipinski definition) is 2. The summed E-state index contributed by atoms with van der Waals surface area (Å²) in [5, 5.41) is 10.9. The predicted molar refractivity (Wildman–Crippen MR) is 71.6 cm³/mol. The SMILES string of the molecule is CNC(=O)C1CCCCN1Cc1nnsc1NC. The summed E-state index contributed by atoms with van der Waals surface area (Å²) < 4.78 is 3.95. The molecule has 6 nitrogen and oxygen atoms in total. The summed E-state index contributed by atoms with van der Waals surface area (Å²) in [6.45, 7) is 1.63. The number of likely N-dealkylation sites (N-methyl/N-ethyl adjacent to an activating group) is 1. The Kier molecular flexibility index (Phi) is 4.48. The van der Waals surface area contributed by atoms with Crippen molar-refractivity contribution in [1.82, 2.24) is 19.8 Å². The highest BCUT2D eigenvalue weighted by molar-refractivity contribution is 7.10. The highest BCUT2D eigenvalue weighted by Gasteiger charge is 2.29. The van der Waals surface area contributed by atoms with E-state index in [2.05, 4.69) is 25.1 Å². The number of piperidine rings is 1. The molecule has 1 aromatic heterocycles. The molecular formula is C11H19N5OS. The molecule has 2 heterocycles. The van der Waals surface area contributed by atoms with Gasteiger partial charge in [0.1, 0.15) is 10.7 Å². The van der Waals surface area contributed by atoms with Gasteiger partial charge in [-0.3, -0.25) is 9.69 Å². The molecule has 100 valence electrons. The van der Waals surface area contributed by atoms with E-state index in [0.29, 0.717) is 6.54 Å². The van der Waals surface area contributed by atoms with E-state index in [1.807, 2.05) is 7.05 Å². The normalized spacial score (nSPS) is 20.7. The number of anilines is 1. The molecule has 0 spiro atoms. The van der Waals surface area contributed by atoms with E-state index < -0.39 is 0 Å². The van der Waals surface area contributed by atoms with Crippen molar-refractivity contribution in [2.45, 2.75) is 31.8 Å². The molecule has 1 atom stereocenters. The number of hydrogen-bond acceptors (Lipinski definition) is 6. The Morgan fingerprint density at radius 1 is 1.50 bits per heavy atom.